The van der Waals surface area contributed by atoms with Crippen molar-refractivity contribution in [3.63, 3.8) is 0 Å². The molecule has 0 radical (unpaired) electrons. The second-order valence-electron chi connectivity index (χ2n) is 5.46. The number of piperidine rings is 1. The van der Waals surface area contributed by atoms with Crippen LogP contribution >= 0.6 is 34.7 Å². The van der Waals surface area contributed by atoms with Crippen LogP contribution in [0.2, 0.25) is 5.02 Å². The highest BCUT2D eigenvalue weighted by Gasteiger charge is 2.26. The molecule has 1 aliphatic rings. The average molecular weight is 370 g/mol. The van der Waals surface area contributed by atoms with Crippen LogP contribution in [0.4, 0.5) is 0 Å². The fourth-order valence-electron chi connectivity index (χ4n) is 2.59. The highest BCUT2D eigenvalue weighted by Crippen LogP contribution is 2.31. The zero-order valence-electron chi connectivity index (χ0n) is 12.3. The minimum absolute atomic E-state index is 0.0261. The molecule has 1 aromatic heterocycles. The van der Waals surface area contributed by atoms with Crippen molar-refractivity contribution in [2.24, 2.45) is 11.7 Å². The average Bonchev–Trinajstić information content (AvgIpc) is 2.94. The van der Waals surface area contributed by atoms with Gasteiger partial charge in [-0.25, -0.2) is 4.98 Å². The van der Waals surface area contributed by atoms with Crippen molar-refractivity contribution in [3.8, 4) is 0 Å². The predicted octanol–water partition coefficient (Wildman–Crippen LogP) is 2.77. The lowest BCUT2D eigenvalue weighted by Crippen LogP contribution is -2.44. The minimum atomic E-state index is -0.321. The van der Waals surface area contributed by atoms with E-state index in [1.807, 2.05) is 18.2 Å². The Morgan fingerprint density at radius 2 is 2.30 bits per heavy atom. The maximum atomic E-state index is 12.3. The molecule has 2 N–H and O–H groups in total. The van der Waals surface area contributed by atoms with Crippen LogP contribution in [0.1, 0.15) is 12.8 Å². The molecule has 1 unspecified atom stereocenters. The van der Waals surface area contributed by atoms with Crippen molar-refractivity contribution in [1.82, 2.24) is 9.88 Å². The molecule has 23 heavy (non-hydrogen) atoms. The fourth-order valence-corrected chi connectivity index (χ4v) is 4.71. The fraction of sp³-hybridized carbons (Fsp3) is 0.400. The van der Waals surface area contributed by atoms with E-state index in [9.17, 15) is 9.59 Å². The van der Waals surface area contributed by atoms with Crippen molar-refractivity contribution in [2.45, 2.75) is 17.2 Å². The van der Waals surface area contributed by atoms with E-state index in [0.29, 0.717) is 23.9 Å². The van der Waals surface area contributed by atoms with Gasteiger partial charge in [-0.2, -0.15) is 0 Å². The van der Waals surface area contributed by atoms with Gasteiger partial charge in [0.05, 0.1) is 21.9 Å². The number of fused-ring (bicyclic) bond motifs is 1. The summed E-state index contributed by atoms with van der Waals surface area (Å²) < 4.78 is 1.90. The van der Waals surface area contributed by atoms with Gasteiger partial charge >= 0.3 is 0 Å². The molecule has 1 aromatic carbocycles. The number of likely N-dealkylation sites (tertiary alicyclic amines) is 1. The summed E-state index contributed by atoms with van der Waals surface area (Å²) in [5.74, 6) is -0.197. The van der Waals surface area contributed by atoms with Crippen molar-refractivity contribution >= 4 is 56.7 Å². The van der Waals surface area contributed by atoms with E-state index >= 15 is 0 Å². The Labute approximate surface area is 147 Å². The number of halogens is 1. The lowest BCUT2D eigenvalue weighted by Gasteiger charge is -2.31. The summed E-state index contributed by atoms with van der Waals surface area (Å²) in [5, 5.41) is 0.654. The number of nitrogens with two attached hydrogens (primary N) is 1. The molecule has 0 saturated carbocycles. The van der Waals surface area contributed by atoms with Crippen LogP contribution in [0.5, 0.6) is 0 Å². The maximum absolute atomic E-state index is 12.3. The molecular formula is C15H16ClN3O2S2. The number of benzene rings is 1. The second-order valence-corrected chi connectivity index (χ2v) is 8.15. The number of amides is 2. The van der Waals surface area contributed by atoms with E-state index in [-0.39, 0.29) is 17.7 Å². The molecule has 1 saturated heterocycles. The lowest BCUT2D eigenvalue weighted by atomic mass is 9.97. The monoisotopic (exact) mass is 369 g/mol. The van der Waals surface area contributed by atoms with E-state index in [0.717, 1.165) is 27.4 Å². The molecule has 8 heteroatoms. The Morgan fingerprint density at radius 1 is 1.48 bits per heavy atom. The first-order valence-corrected chi connectivity index (χ1v) is 9.47. The molecular weight excluding hydrogens is 354 g/mol. The van der Waals surface area contributed by atoms with Crippen molar-refractivity contribution < 1.29 is 9.59 Å². The molecule has 1 aliphatic heterocycles. The molecule has 2 heterocycles. The highest BCUT2D eigenvalue weighted by atomic mass is 35.5. The Balaban J connectivity index is 1.60. The number of aromatic nitrogens is 1. The number of carbonyl (C=O) groups excluding carboxylic acids is 2. The number of primary amides is 1. The summed E-state index contributed by atoms with van der Waals surface area (Å²) >= 11 is 8.92. The van der Waals surface area contributed by atoms with Gasteiger partial charge in [-0.1, -0.05) is 23.4 Å². The van der Waals surface area contributed by atoms with Crippen LogP contribution in [0.25, 0.3) is 10.2 Å². The molecule has 0 aliphatic carbocycles. The number of carbonyl (C=O) groups is 2. The van der Waals surface area contributed by atoms with E-state index in [1.165, 1.54) is 11.8 Å². The van der Waals surface area contributed by atoms with E-state index < -0.39 is 0 Å². The first kappa shape index (κ1) is 16.5. The van der Waals surface area contributed by atoms with Crippen LogP contribution in [-0.4, -0.2) is 40.5 Å². The summed E-state index contributed by atoms with van der Waals surface area (Å²) in [6.07, 6.45) is 1.59. The van der Waals surface area contributed by atoms with Crippen LogP contribution in [-0.2, 0) is 9.59 Å². The van der Waals surface area contributed by atoms with Crippen molar-refractivity contribution in [2.75, 3.05) is 18.8 Å². The molecule has 5 nitrogen and oxygen atoms in total. The zero-order valence-corrected chi connectivity index (χ0v) is 14.7. The first-order valence-electron chi connectivity index (χ1n) is 7.29. The zero-order chi connectivity index (χ0) is 16.4. The summed E-state index contributed by atoms with van der Waals surface area (Å²) in [6, 6.07) is 5.59. The third-order valence-electron chi connectivity index (χ3n) is 3.83. The SMILES string of the molecule is NC(=O)C1CCCN(C(=O)CSc2nc3cc(Cl)ccc3s2)C1. The van der Waals surface area contributed by atoms with Gasteiger partial charge in [-0.05, 0) is 31.0 Å². The second kappa shape index (κ2) is 7.07. The van der Waals surface area contributed by atoms with Gasteiger partial charge in [0.25, 0.3) is 0 Å². The smallest absolute Gasteiger partial charge is 0.233 e. The van der Waals surface area contributed by atoms with E-state index in [1.54, 1.807) is 16.2 Å². The maximum Gasteiger partial charge on any atom is 0.233 e. The van der Waals surface area contributed by atoms with Gasteiger partial charge in [0.2, 0.25) is 11.8 Å². The van der Waals surface area contributed by atoms with Gasteiger partial charge in [0.1, 0.15) is 0 Å². The summed E-state index contributed by atoms with van der Waals surface area (Å²) in [6.45, 7) is 1.13. The topological polar surface area (TPSA) is 76.3 Å². The third-order valence-corrected chi connectivity index (χ3v) is 6.22. The molecule has 2 amide bonds. The van der Waals surface area contributed by atoms with Gasteiger partial charge in [0, 0.05) is 18.1 Å². The Kier molecular flexibility index (Phi) is 5.08. The quantitative estimate of drug-likeness (QED) is 0.841. The normalized spacial score (nSPS) is 18.3. The molecule has 0 bridgehead atoms. The Hall–Kier alpha value is -1.31. The standard InChI is InChI=1S/C15H16ClN3O2S2/c16-10-3-4-12-11(6-10)18-15(23-12)22-8-13(20)19-5-1-2-9(7-19)14(17)21/h3-4,6,9H,1-2,5,7-8H2,(H2,17,21). The number of hydrogen-bond donors (Lipinski definition) is 1. The molecule has 122 valence electrons. The predicted molar refractivity (Wildman–Crippen MR) is 93.9 cm³/mol. The molecule has 1 atom stereocenters. The number of rotatable bonds is 4. The first-order chi connectivity index (χ1) is 11.0. The third kappa shape index (κ3) is 3.97. The number of thiazole rings is 1. The summed E-state index contributed by atoms with van der Waals surface area (Å²) in [4.78, 5) is 29.8. The van der Waals surface area contributed by atoms with E-state index in [2.05, 4.69) is 4.98 Å². The van der Waals surface area contributed by atoms with Gasteiger partial charge in [-0.15, -0.1) is 11.3 Å². The Morgan fingerprint density at radius 3 is 3.09 bits per heavy atom. The van der Waals surface area contributed by atoms with Crippen LogP contribution in [0.15, 0.2) is 22.5 Å². The van der Waals surface area contributed by atoms with Crippen LogP contribution in [0.3, 0.4) is 0 Å². The van der Waals surface area contributed by atoms with Crippen molar-refractivity contribution in [3.05, 3.63) is 23.2 Å². The lowest BCUT2D eigenvalue weighted by molar-refractivity contribution is -0.132. The van der Waals surface area contributed by atoms with Crippen LogP contribution in [0, 0.1) is 5.92 Å². The Bertz CT molecular complexity index is 749. The number of nitrogens with zero attached hydrogens (tertiary/aromatic N) is 2. The van der Waals surface area contributed by atoms with Gasteiger partial charge < -0.3 is 10.6 Å². The molecule has 2 aromatic rings. The minimum Gasteiger partial charge on any atom is -0.369 e. The molecule has 1 fully saturated rings. The van der Waals surface area contributed by atoms with Gasteiger partial charge in [-0.3, -0.25) is 9.59 Å². The molecule has 3 rings (SSSR count). The van der Waals surface area contributed by atoms with E-state index in [4.69, 9.17) is 17.3 Å². The molecule has 0 spiro atoms. The number of thioether (sulfide) groups is 1. The van der Waals surface area contributed by atoms with Gasteiger partial charge in [0.15, 0.2) is 4.34 Å². The highest BCUT2D eigenvalue weighted by molar-refractivity contribution is 8.01. The van der Waals surface area contributed by atoms with Crippen LogP contribution < -0.4 is 5.73 Å². The summed E-state index contributed by atoms with van der Waals surface area (Å²) in [7, 11) is 0. The summed E-state index contributed by atoms with van der Waals surface area (Å²) in [5.41, 5.74) is 6.20. The number of hydrogen-bond acceptors (Lipinski definition) is 5. The van der Waals surface area contributed by atoms with Crippen molar-refractivity contribution in [1.29, 1.82) is 0 Å². The largest absolute Gasteiger partial charge is 0.369 e.